The summed E-state index contributed by atoms with van der Waals surface area (Å²) >= 11 is 0. The number of nitrogens with two attached hydrogens (primary N) is 1. The molecule has 2 heterocycles. The molecule has 0 aromatic carbocycles. The Labute approximate surface area is 114 Å². The number of hydrogen-bond donors (Lipinski definition) is 4. The molecule has 0 fully saturated rings. The van der Waals surface area contributed by atoms with Crippen molar-refractivity contribution < 1.29 is 10.2 Å². The van der Waals surface area contributed by atoms with E-state index in [4.69, 9.17) is 16.1 Å². The molecule has 20 heavy (non-hydrogen) atoms. The molecule has 0 aliphatic heterocycles. The van der Waals surface area contributed by atoms with E-state index in [1.54, 1.807) is 23.4 Å². The molecule has 0 aliphatic rings. The lowest BCUT2D eigenvalue weighted by molar-refractivity contribution is 0.280. The second kappa shape index (κ2) is 6.75. The number of hydrazine groups is 1. The van der Waals surface area contributed by atoms with Crippen molar-refractivity contribution in [2.45, 2.75) is 0 Å². The van der Waals surface area contributed by atoms with Crippen molar-refractivity contribution in [3.05, 3.63) is 18.5 Å². The third kappa shape index (κ3) is 3.17. The Bertz CT molecular complexity index is 526. The van der Waals surface area contributed by atoms with E-state index in [0.717, 1.165) is 0 Å². The molecular weight excluding hydrogens is 264 g/mol. The third-order valence-electron chi connectivity index (χ3n) is 2.47. The highest BCUT2D eigenvalue weighted by Gasteiger charge is 2.13. The van der Waals surface area contributed by atoms with E-state index in [1.165, 1.54) is 4.68 Å². The first kappa shape index (κ1) is 14.1. The summed E-state index contributed by atoms with van der Waals surface area (Å²) in [5.41, 5.74) is 2.35. The lowest BCUT2D eigenvalue weighted by Gasteiger charge is -2.21. The zero-order chi connectivity index (χ0) is 14.4. The van der Waals surface area contributed by atoms with Gasteiger partial charge in [-0.1, -0.05) is 0 Å². The summed E-state index contributed by atoms with van der Waals surface area (Å²) in [6.45, 7) is 0.391. The molecule has 10 heteroatoms. The van der Waals surface area contributed by atoms with E-state index in [0.29, 0.717) is 5.95 Å². The first-order valence-electron chi connectivity index (χ1n) is 5.98. The van der Waals surface area contributed by atoms with E-state index in [-0.39, 0.29) is 38.2 Å². The van der Waals surface area contributed by atoms with Gasteiger partial charge in [0, 0.05) is 25.5 Å². The normalized spacial score (nSPS) is 10.6. The summed E-state index contributed by atoms with van der Waals surface area (Å²) in [7, 11) is 0. The van der Waals surface area contributed by atoms with Crippen molar-refractivity contribution in [1.29, 1.82) is 0 Å². The van der Waals surface area contributed by atoms with E-state index >= 15 is 0 Å². The van der Waals surface area contributed by atoms with Gasteiger partial charge in [0.25, 0.3) is 5.95 Å². The molecule has 0 radical (unpaired) electrons. The van der Waals surface area contributed by atoms with Crippen LogP contribution in [0.3, 0.4) is 0 Å². The summed E-state index contributed by atoms with van der Waals surface area (Å²) < 4.78 is 1.46. The molecule has 2 aromatic heterocycles. The van der Waals surface area contributed by atoms with E-state index in [2.05, 4.69) is 25.5 Å². The second-order valence-electron chi connectivity index (χ2n) is 3.79. The molecule has 5 N–H and O–H groups in total. The number of nitrogen functional groups attached to an aromatic ring is 1. The number of aliphatic hydroxyl groups excluding tert-OH is 2. The number of hydrogen-bond acceptors (Lipinski definition) is 9. The van der Waals surface area contributed by atoms with Crippen molar-refractivity contribution in [3.8, 4) is 5.95 Å². The van der Waals surface area contributed by atoms with Gasteiger partial charge in [-0.15, -0.1) is 0 Å². The van der Waals surface area contributed by atoms with Crippen LogP contribution >= 0.6 is 0 Å². The van der Waals surface area contributed by atoms with Gasteiger partial charge in [-0.05, 0) is 6.07 Å². The molecule has 10 nitrogen and oxygen atoms in total. The molecule has 0 bridgehead atoms. The zero-order valence-corrected chi connectivity index (χ0v) is 10.7. The third-order valence-corrected chi connectivity index (χ3v) is 2.47. The van der Waals surface area contributed by atoms with Gasteiger partial charge in [0.15, 0.2) is 0 Å². The molecular formula is C10H16N8O2. The zero-order valence-electron chi connectivity index (χ0n) is 10.7. The van der Waals surface area contributed by atoms with E-state index in [9.17, 15) is 0 Å². The smallest absolute Gasteiger partial charge is 0.257 e. The maximum atomic E-state index is 9.05. The number of aliphatic hydroxyl groups is 2. The fraction of sp³-hybridized carbons (Fsp3) is 0.400. The fourth-order valence-corrected chi connectivity index (χ4v) is 1.60. The summed E-state index contributed by atoms with van der Waals surface area (Å²) in [6, 6.07) is 1.73. The molecule has 0 atom stereocenters. The Hall–Kier alpha value is -2.30. The number of aromatic nitrogens is 5. The SMILES string of the molecule is NNc1nc(N(CCO)CCO)nc(-n2cccn2)n1. The Morgan fingerprint density at radius 3 is 2.50 bits per heavy atom. The van der Waals surface area contributed by atoms with Crippen LogP contribution in [0.15, 0.2) is 18.5 Å². The minimum absolute atomic E-state index is 0.0891. The standard InChI is InChI=1S/C10H16N8O2/c11-16-8-13-9(17(4-6-19)5-7-20)15-10(14-8)18-3-1-2-12-18/h1-3,19-20H,4-7,11H2,(H,13,14,15,16). The van der Waals surface area contributed by atoms with Gasteiger partial charge in [0.1, 0.15) is 0 Å². The van der Waals surface area contributed by atoms with Crippen LogP contribution in [-0.2, 0) is 0 Å². The van der Waals surface area contributed by atoms with Crippen LogP contribution in [0.5, 0.6) is 0 Å². The predicted octanol–water partition coefficient (Wildman–Crippen LogP) is -1.87. The van der Waals surface area contributed by atoms with Crippen LogP contribution in [0.2, 0.25) is 0 Å². The van der Waals surface area contributed by atoms with Gasteiger partial charge in [-0.3, -0.25) is 5.43 Å². The van der Waals surface area contributed by atoms with Crippen LogP contribution in [-0.4, -0.2) is 61.2 Å². The molecule has 0 aliphatic carbocycles. The average molecular weight is 280 g/mol. The lowest BCUT2D eigenvalue weighted by atomic mass is 10.5. The average Bonchev–Trinajstić information content (AvgIpc) is 3.01. The van der Waals surface area contributed by atoms with Crippen LogP contribution < -0.4 is 16.2 Å². The van der Waals surface area contributed by atoms with Crippen LogP contribution in [0, 0.1) is 0 Å². The van der Waals surface area contributed by atoms with Crippen molar-refractivity contribution in [2.75, 3.05) is 36.6 Å². The molecule has 0 saturated heterocycles. The fourth-order valence-electron chi connectivity index (χ4n) is 1.60. The maximum Gasteiger partial charge on any atom is 0.257 e. The Morgan fingerprint density at radius 1 is 1.20 bits per heavy atom. The topological polar surface area (TPSA) is 138 Å². The molecule has 0 spiro atoms. The van der Waals surface area contributed by atoms with Crippen molar-refractivity contribution in [3.63, 3.8) is 0 Å². The Morgan fingerprint density at radius 2 is 1.95 bits per heavy atom. The highest BCUT2D eigenvalue weighted by atomic mass is 16.3. The number of nitrogens with zero attached hydrogens (tertiary/aromatic N) is 6. The Balaban J connectivity index is 2.38. The van der Waals surface area contributed by atoms with Crippen LogP contribution in [0.4, 0.5) is 11.9 Å². The first-order valence-corrected chi connectivity index (χ1v) is 5.98. The lowest BCUT2D eigenvalue weighted by Crippen LogP contribution is -2.32. The van der Waals surface area contributed by atoms with Crippen molar-refractivity contribution >= 4 is 11.9 Å². The molecule has 0 saturated carbocycles. The summed E-state index contributed by atoms with van der Waals surface area (Å²) in [4.78, 5) is 14.1. The number of nitrogens with one attached hydrogen (secondary N) is 1. The van der Waals surface area contributed by atoms with Crippen LogP contribution in [0.25, 0.3) is 5.95 Å². The monoisotopic (exact) mass is 280 g/mol. The largest absolute Gasteiger partial charge is 0.395 e. The van der Waals surface area contributed by atoms with Crippen LogP contribution in [0.1, 0.15) is 0 Å². The van der Waals surface area contributed by atoms with Gasteiger partial charge in [-0.25, -0.2) is 10.5 Å². The predicted molar refractivity (Wildman–Crippen MR) is 71.1 cm³/mol. The van der Waals surface area contributed by atoms with Gasteiger partial charge >= 0.3 is 0 Å². The van der Waals surface area contributed by atoms with E-state index < -0.39 is 0 Å². The molecule has 0 amide bonds. The minimum atomic E-state index is -0.0891. The number of anilines is 2. The molecule has 2 aromatic rings. The number of rotatable bonds is 7. The van der Waals surface area contributed by atoms with E-state index in [1.807, 2.05) is 0 Å². The molecule has 0 unspecified atom stereocenters. The minimum Gasteiger partial charge on any atom is -0.395 e. The summed E-state index contributed by atoms with van der Waals surface area (Å²) in [5, 5.41) is 22.1. The van der Waals surface area contributed by atoms with Gasteiger partial charge in [0.05, 0.1) is 13.2 Å². The molecule has 108 valence electrons. The maximum absolute atomic E-state index is 9.05. The van der Waals surface area contributed by atoms with Gasteiger partial charge in [0.2, 0.25) is 11.9 Å². The van der Waals surface area contributed by atoms with Crippen molar-refractivity contribution in [1.82, 2.24) is 24.7 Å². The molecule has 2 rings (SSSR count). The Kier molecular flexibility index (Phi) is 4.76. The summed E-state index contributed by atoms with van der Waals surface area (Å²) in [6.07, 6.45) is 3.28. The van der Waals surface area contributed by atoms with Crippen molar-refractivity contribution in [2.24, 2.45) is 5.84 Å². The first-order chi connectivity index (χ1) is 9.78. The quantitative estimate of drug-likeness (QED) is 0.339. The highest BCUT2D eigenvalue weighted by molar-refractivity contribution is 5.39. The van der Waals surface area contributed by atoms with Gasteiger partial charge in [-0.2, -0.15) is 20.1 Å². The highest BCUT2D eigenvalue weighted by Crippen LogP contribution is 2.12. The van der Waals surface area contributed by atoms with Gasteiger partial charge < -0.3 is 15.1 Å². The second-order valence-corrected chi connectivity index (χ2v) is 3.79. The summed E-state index contributed by atoms with van der Waals surface area (Å²) in [5.74, 6) is 6.09.